The third-order valence-corrected chi connectivity index (χ3v) is 7.13. The van der Waals surface area contributed by atoms with Crippen molar-refractivity contribution < 1.29 is 44.6 Å². The molecule has 1 aliphatic rings. The molecule has 0 bridgehead atoms. The predicted molar refractivity (Wildman–Crippen MR) is 161 cm³/mol. The number of hydrogen-bond acceptors (Lipinski definition) is 10. The predicted octanol–water partition coefficient (Wildman–Crippen LogP) is 3.85. The van der Waals surface area contributed by atoms with E-state index in [0.717, 1.165) is 5.31 Å². The SMILES string of the molecule is [2H]N1[C@H](CO)[C@H](OC(=O)c2ccccc2)[C@@H](OC(=O)c2ccccc2)[C@H](OC(=O)c2ccccc2)[C@H]1COC(=O)c1ccccc1. The maximum Gasteiger partial charge on any atom is 0.338 e. The Hall–Kier alpha value is -5.32. The van der Waals surface area contributed by atoms with Crippen LogP contribution in [0.1, 0.15) is 41.4 Å². The van der Waals surface area contributed by atoms with Crippen LogP contribution in [0.4, 0.5) is 0 Å². The van der Waals surface area contributed by atoms with E-state index in [0.29, 0.717) is 0 Å². The zero-order valence-electron chi connectivity index (χ0n) is 25.0. The van der Waals surface area contributed by atoms with E-state index in [4.69, 9.17) is 20.4 Å². The Bertz CT molecular complexity index is 1620. The highest BCUT2D eigenvalue weighted by Crippen LogP contribution is 2.27. The van der Waals surface area contributed by atoms with Crippen LogP contribution in [-0.4, -0.2) is 72.6 Å². The molecule has 5 atom stereocenters. The summed E-state index contributed by atoms with van der Waals surface area (Å²) in [6, 6.07) is 29.6. The highest BCUT2D eigenvalue weighted by Gasteiger charge is 2.51. The van der Waals surface area contributed by atoms with Gasteiger partial charge in [0.2, 0.25) is 0 Å². The Balaban J connectivity index is 1.54. The number of rotatable bonds is 10. The molecule has 0 amide bonds. The van der Waals surface area contributed by atoms with E-state index in [-0.39, 0.29) is 22.3 Å². The van der Waals surface area contributed by atoms with Gasteiger partial charge in [-0.1, -0.05) is 72.8 Å². The van der Waals surface area contributed by atoms with E-state index in [1.54, 1.807) is 84.9 Å². The van der Waals surface area contributed by atoms with Crippen LogP contribution in [0.2, 0.25) is 1.41 Å². The largest absolute Gasteiger partial charge is 0.460 e. The molecule has 0 saturated carbocycles. The van der Waals surface area contributed by atoms with Crippen molar-refractivity contribution >= 4 is 23.9 Å². The van der Waals surface area contributed by atoms with Crippen LogP contribution < -0.4 is 5.31 Å². The van der Waals surface area contributed by atoms with Gasteiger partial charge in [-0.25, -0.2) is 19.2 Å². The Morgan fingerprint density at radius 2 is 0.867 bits per heavy atom. The summed E-state index contributed by atoms with van der Waals surface area (Å²) in [4.78, 5) is 53.0. The first-order valence-corrected chi connectivity index (χ1v) is 14.3. The molecule has 10 nitrogen and oxygen atoms in total. The molecule has 4 aromatic rings. The van der Waals surface area contributed by atoms with Crippen molar-refractivity contribution in [3.63, 3.8) is 0 Å². The minimum atomic E-state index is -1.53. The first kappa shape index (κ1) is 29.7. The molecule has 1 fully saturated rings. The van der Waals surface area contributed by atoms with Crippen LogP contribution in [-0.2, 0) is 18.9 Å². The summed E-state index contributed by atoms with van der Waals surface area (Å²) in [5, 5.41) is 11.4. The monoisotopic (exact) mass is 610 g/mol. The van der Waals surface area contributed by atoms with Gasteiger partial charge in [0.15, 0.2) is 18.3 Å². The molecule has 0 aromatic heterocycles. The Kier molecular flexibility index (Phi) is 9.86. The molecule has 0 radical (unpaired) electrons. The first-order chi connectivity index (χ1) is 22.4. The lowest BCUT2D eigenvalue weighted by atomic mass is 9.89. The summed E-state index contributed by atoms with van der Waals surface area (Å²) in [6.45, 7) is -1.22. The van der Waals surface area contributed by atoms with Crippen molar-refractivity contribution in [2.45, 2.75) is 30.4 Å². The molecule has 0 spiro atoms. The maximum absolute atomic E-state index is 13.4. The van der Waals surface area contributed by atoms with Crippen molar-refractivity contribution in [2.24, 2.45) is 0 Å². The average molecular weight is 611 g/mol. The fourth-order valence-electron chi connectivity index (χ4n) is 4.87. The number of carbonyl (C=O) groups excluding carboxylic acids is 4. The van der Waals surface area contributed by atoms with Crippen molar-refractivity contribution in [2.75, 3.05) is 13.2 Å². The standard InChI is InChI=1S/C35H31NO9/c37-21-27-29(43-33(39)24-15-7-2-8-16-24)31(45-35(41)26-19-11-4-12-20-26)30(44-34(40)25-17-9-3-10-18-25)28(36-27)22-42-32(38)23-13-5-1-6-14-23/h1-20,27-31,36-37H,21-22H2/t27-,28-,29+,30-,31-/m1/s1/i/hD. The Labute approximate surface area is 261 Å². The molecule has 1 heterocycles. The lowest BCUT2D eigenvalue weighted by molar-refractivity contribution is -0.137. The van der Waals surface area contributed by atoms with Crippen LogP contribution in [0, 0.1) is 0 Å². The minimum absolute atomic E-state index is 0.157. The Morgan fingerprint density at radius 3 is 1.24 bits per heavy atom. The summed E-state index contributed by atoms with van der Waals surface area (Å²) in [6.07, 6.45) is -4.53. The first-order valence-electron chi connectivity index (χ1n) is 14.7. The van der Waals surface area contributed by atoms with E-state index in [2.05, 4.69) is 0 Å². The number of aliphatic hydroxyl groups excluding tert-OH is 1. The van der Waals surface area contributed by atoms with E-state index < -0.39 is 67.5 Å². The molecular weight excluding hydrogens is 578 g/mol. The van der Waals surface area contributed by atoms with Crippen LogP contribution in [0.5, 0.6) is 0 Å². The van der Waals surface area contributed by atoms with Crippen molar-refractivity contribution in [1.82, 2.24) is 5.31 Å². The second-order valence-electron chi connectivity index (χ2n) is 10.1. The Morgan fingerprint density at radius 1 is 0.533 bits per heavy atom. The van der Waals surface area contributed by atoms with Gasteiger partial charge in [-0.05, 0) is 48.5 Å². The van der Waals surface area contributed by atoms with Gasteiger partial charge in [-0.3, -0.25) is 5.31 Å². The summed E-state index contributed by atoms with van der Waals surface area (Å²) in [5.41, 5.74) is 0.729. The quantitative estimate of drug-likeness (QED) is 0.201. The molecule has 4 aromatic carbocycles. The number of benzene rings is 4. The maximum atomic E-state index is 13.4. The van der Waals surface area contributed by atoms with Gasteiger partial charge in [0, 0.05) is 0 Å². The number of ether oxygens (including phenoxy) is 4. The minimum Gasteiger partial charge on any atom is -0.460 e. The number of aliphatic hydroxyl groups is 1. The molecule has 1 saturated heterocycles. The fraction of sp³-hybridized carbons (Fsp3) is 0.200. The summed E-state index contributed by atoms with van der Waals surface area (Å²) in [5.74, 6) is -3.18. The normalized spacial score (nSPS) is 21.5. The molecule has 0 unspecified atom stereocenters. The molecule has 2 N–H and O–H groups in total. The zero-order valence-corrected chi connectivity index (χ0v) is 24.0. The van der Waals surface area contributed by atoms with Gasteiger partial charge < -0.3 is 24.1 Å². The van der Waals surface area contributed by atoms with Crippen LogP contribution in [0.3, 0.4) is 0 Å². The molecule has 10 heteroatoms. The topological polar surface area (TPSA) is 137 Å². The average Bonchev–Trinajstić information content (AvgIpc) is 3.11. The highest BCUT2D eigenvalue weighted by atomic mass is 16.6. The molecule has 45 heavy (non-hydrogen) atoms. The van der Waals surface area contributed by atoms with Crippen LogP contribution in [0.25, 0.3) is 0 Å². The molecule has 1 aliphatic heterocycles. The molecule has 0 aliphatic carbocycles. The second-order valence-corrected chi connectivity index (χ2v) is 10.1. The van der Waals surface area contributed by atoms with Gasteiger partial charge in [0.25, 0.3) is 0 Å². The lowest BCUT2D eigenvalue weighted by Gasteiger charge is -2.45. The third kappa shape index (κ3) is 7.80. The molecule has 230 valence electrons. The summed E-state index contributed by atoms with van der Waals surface area (Å²) >= 11 is 0. The van der Waals surface area contributed by atoms with Crippen LogP contribution >= 0.6 is 0 Å². The number of nitrogens with one attached hydrogen (secondary N) is 1. The van der Waals surface area contributed by atoms with Gasteiger partial charge in [0.05, 0.1) is 40.9 Å². The zero-order chi connectivity index (χ0) is 32.5. The van der Waals surface area contributed by atoms with E-state index in [1.807, 2.05) is 0 Å². The number of hydrogen-bond donors (Lipinski definition) is 2. The molecular formula is C35H31NO9. The van der Waals surface area contributed by atoms with Gasteiger partial charge >= 0.3 is 23.9 Å². The van der Waals surface area contributed by atoms with Gasteiger partial charge in [-0.2, -0.15) is 0 Å². The lowest BCUT2D eigenvalue weighted by Crippen LogP contribution is -2.69. The van der Waals surface area contributed by atoms with Crippen LogP contribution in [0.15, 0.2) is 121 Å². The number of carbonyl (C=O) groups is 4. The molecule has 5 rings (SSSR count). The second kappa shape index (κ2) is 14.9. The van der Waals surface area contributed by atoms with E-state index in [9.17, 15) is 24.3 Å². The van der Waals surface area contributed by atoms with E-state index >= 15 is 0 Å². The van der Waals surface area contributed by atoms with Crippen molar-refractivity contribution in [3.05, 3.63) is 144 Å². The third-order valence-electron chi connectivity index (χ3n) is 7.13. The van der Waals surface area contributed by atoms with Gasteiger partial charge in [-0.15, -0.1) is 0 Å². The smallest absolute Gasteiger partial charge is 0.338 e. The van der Waals surface area contributed by atoms with E-state index in [1.165, 1.54) is 36.4 Å². The van der Waals surface area contributed by atoms with Crippen molar-refractivity contribution in [3.8, 4) is 0 Å². The number of piperidine rings is 1. The fourth-order valence-corrected chi connectivity index (χ4v) is 4.87. The summed E-state index contributed by atoms with van der Waals surface area (Å²) in [7, 11) is 0. The van der Waals surface area contributed by atoms with Gasteiger partial charge in [0.1, 0.15) is 8.02 Å². The van der Waals surface area contributed by atoms with Crippen molar-refractivity contribution in [1.29, 1.82) is 0 Å². The number of esters is 4. The summed E-state index contributed by atoms with van der Waals surface area (Å²) < 4.78 is 32.2. The highest BCUT2D eigenvalue weighted by molar-refractivity contribution is 5.91.